The van der Waals surface area contributed by atoms with Crippen LogP contribution in [0, 0.1) is 17.4 Å². The van der Waals surface area contributed by atoms with Crippen LogP contribution in [0.3, 0.4) is 0 Å². The van der Waals surface area contributed by atoms with Crippen molar-refractivity contribution in [2.45, 2.75) is 23.6 Å². The molecule has 5 nitrogen and oxygen atoms in total. The van der Waals surface area contributed by atoms with Crippen LogP contribution in [0.1, 0.15) is 11.1 Å². The predicted octanol–water partition coefficient (Wildman–Crippen LogP) is 5.44. The summed E-state index contributed by atoms with van der Waals surface area (Å²) in [6.45, 7) is 3.75. The fourth-order valence-electron chi connectivity index (χ4n) is 2.84. The van der Waals surface area contributed by atoms with Gasteiger partial charge in [-0.05, 0) is 84.5 Å². The van der Waals surface area contributed by atoms with Gasteiger partial charge in [-0.3, -0.25) is 4.79 Å². The average Bonchev–Trinajstić information content (AvgIpc) is 2.69. The number of carbonyl (C=O) groups excluding carboxylic acids is 1. The second-order valence-electron chi connectivity index (χ2n) is 6.80. The zero-order valence-corrected chi connectivity index (χ0v) is 20.1. The lowest BCUT2D eigenvalue weighted by Crippen LogP contribution is -2.22. The molecular weight excluding hydrogens is 535 g/mol. The highest BCUT2D eigenvalue weighted by molar-refractivity contribution is 14.1. The highest BCUT2D eigenvalue weighted by Gasteiger charge is 2.22. The number of nitrogens with one attached hydrogen (secondary N) is 2. The fourth-order valence-corrected chi connectivity index (χ4v) is 5.33. The molecule has 30 heavy (non-hydrogen) atoms. The van der Waals surface area contributed by atoms with Crippen LogP contribution in [0.25, 0.3) is 0 Å². The summed E-state index contributed by atoms with van der Waals surface area (Å²) in [6, 6.07) is 17.0. The van der Waals surface area contributed by atoms with Gasteiger partial charge >= 0.3 is 0 Å². The minimum Gasteiger partial charge on any atom is -0.375 e. The smallest absolute Gasteiger partial charge is 0.243 e. The van der Waals surface area contributed by atoms with E-state index in [2.05, 4.69) is 33.2 Å². The van der Waals surface area contributed by atoms with Crippen molar-refractivity contribution in [1.29, 1.82) is 0 Å². The molecule has 3 aromatic carbocycles. The van der Waals surface area contributed by atoms with E-state index >= 15 is 0 Å². The molecule has 0 saturated heterocycles. The van der Waals surface area contributed by atoms with Gasteiger partial charge in [-0.1, -0.05) is 35.4 Å². The second kappa shape index (κ2) is 9.36. The van der Waals surface area contributed by atoms with Crippen LogP contribution in [0.2, 0.25) is 5.02 Å². The number of hydrogen-bond donors (Lipinski definition) is 2. The second-order valence-corrected chi connectivity index (χ2v) is 10.3. The van der Waals surface area contributed by atoms with Crippen molar-refractivity contribution in [3.8, 4) is 0 Å². The SMILES string of the molecule is Cc1ccc(S(=O)(=O)c2cccc(NCC(=O)Nc3ccc(I)cc3C)c2Cl)cc1. The molecule has 3 aromatic rings. The zero-order chi connectivity index (χ0) is 21.9. The first-order valence-electron chi connectivity index (χ1n) is 9.08. The number of anilines is 2. The van der Waals surface area contributed by atoms with E-state index in [1.54, 1.807) is 36.4 Å². The Bertz CT molecular complexity index is 1200. The Kier molecular flexibility index (Phi) is 7.05. The molecular formula is C22H20ClIN2O3S. The summed E-state index contributed by atoms with van der Waals surface area (Å²) < 4.78 is 27.0. The summed E-state index contributed by atoms with van der Waals surface area (Å²) in [5, 5.41) is 5.82. The van der Waals surface area contributed by atoms with Crippen molar-refractivity contribution in [3.63, 3.8) is 0 Å². The molecule has 156 valence electrons. The van der Waals surface area contributed by atoms with Crippen molar-refractivity contribution in [2.24, 2.45) is 0 Å². The zero-order valence-electron chi connectivity index (χ0n) is 16.4. The standard InChI is InChI=1S/C22H20ClIN2O3S/c1-14-6-9-17(10-7-14)30(28,29)20-5-3-4-19(22(20)23)25-13-21(27)26-18-11-8-16(24)12-15(18)2/h3-12,25H,13H2,1-2H3,(H,26,27). The summed E-state index contributed by atoms with van der Waals surface area (Å²) in [5.41, 5.74) is 3.02. The number of aryl methyl sites for hydroxylation is 2. The number of benzene rings is 3. The lowest BCUT2D eigenvalue weighted by molar-refractivity contribution is -0.114. The number of carbonyl (C=O) groups is 1. The minimum atomic E-state index is -3.78. The van der Waals surface area contributed by atoms with Crippen molar-refractivity contribution in [2.75, 3.05) is 17.2 Å². The number of rotatable bonds is 6. The van der Waals surface area contributed by atoms with E-state index in [0.29, 0.717) is 5.69 Å². The van der Waals surface area contributed by atoms with Crippen molar-refractivity contribution < 1.29 is 13.2 Å². The van der Waals surface area contributed by atoms with Crippen molar-refractivity contribution in [3.05, 3.63) is 80.4 Å². The first-order valence-corrected chi connectivity index (χ1v) is 12.0. The number of hydrogen-bond acceptors (Lipinski definition) is 4. The topological polar surface area (TPSA) is 75.3 Å². The van der Waals surface area contributed by atoms with E-state index in [-0.39, 0.29) is 27.3 Å². The third-order valence-corrected chi connectivity index (χ3v) is 7.49. The molecule has 0 fully saturated rings. The van der Waals surface area contributed by atoms with Gasteiger partial charge in [0.15, 0.2) is 0 Å². The quantitative estimate of drug-likeness (QED) is 0.398. The first kappa shape index (κ1) is 22.6. The Morgan fingerprint density at radius 2 is 1.70 bits per heavy atom. The Hall–Kier alpha value is -2.10. The molecule has 3 rings (SSSR count). The molecule has 0 aliphatic carbocycles. The molecule has 0 spiro atoms. The molecule has 1 amide bonds. The van der Waals surface area contributed by atoms with Gasteiger partial charge in [0, 0.05) is 9.26 Å². The number of sulfone groups is 1. The van der Waals surface area contributed by atoms with Crippen LogP contribution >= 0.6 is 34.2 Å². The highest BCUT2D eigenvalue weighted by atomic mass is 127. The third-order valence-electron chi connectivity index (χ3n) is 4.49. The molecule has 0 aromatic heterocycles. The average molecular weight is 555 g/mol. The molecule has 0 bridgehead atoms. The molecule has 8 heteroatoms. The van der Waals surface area contributed by atoms with E-state index in [0.717, 1.165) is 20.4 Å². The predicted molar refractivity (Wildman–Crippen MR) is 129 cm³/mol. The van der Waals surface area contributed by atoms with E-state index in [1.807, 2.05) is 32.0 Å². The summed E-state index contributed by atoms with van der Waals surface area (Å²) in [7, 11) is -3.78. The van der Waals surface area contributed by atoms with Crippen LogP contribution in [0.5, 0.6) is 0 Å². The maximum Gasteiger partial charge on any atom is 0.243 e. The Balaban J connectivity index is 1.76. The normalized spacial score (nSPS) is 11.2. The summed E-state index contributed by atoms with van der Waals surface area (Å²) in [4.78, 5) is 12.5. The summed E-state index contributed by atoms with van der Waals surface area (Å²) in [6.07, 6.45) is 0. The largest absolute Gasteiger partial charge is 0.375 e. The molecule has 0 radical (unpaired) electrons. The number of amides is 1. The van der Waals surface area contributed by atoms with Gasteiger partial charge in [-0.15, -0.1) is 0 Å². The van der Waals surface area contributed by atoms with Crippen LogP contribution in [0.15, 0.2) is 70.5 Å². The highest BCUT2D eigenvalue weighted by Crippen LogP contribution is 2.33. The maximum absolute atomic E-state index is 13.0. The number of halogens is 2. The Morgan fingerprint density at radius 1 is 1.00 bits per heavy atom. The van der Waals surface area contributed by atoms with Crippen molar-refractivity contribution in [1.82, 2.24) is 0 Å². The Morgan fingerprint density at radius 3 is 2.37 bits per heavy atom. The van der Waals surface area contributed by atoms with Gasteiger partial charge in [0.1, 0.15) is 0 Å². The summed E-state index contributed by atoms with van der Waals surface area (Å²) in [5.74, 6) is -0.262. The van der Waals surface area contributed by atoms with E-state index in [4.69, 9.17) is 11.6 Å². The molecule has 0 heterocycles. The lowest BCUT2D eigenvalue weighted by atomic mass is 10.2. The van der Waals surface area contributed by atoms with Gasteiger partial charge in [-0.2, -0.15) is 0 Å². The van der Waals surface area contributed by atoms with Crippen LogP contribution in [-0.4, -0.2) is 20.9 Å². The van der Waals surface area contributed by atoms with Gasteiger partial charge in [0.25, 0.3) is 0 Å². The van der Waals surface area contributed by atoms with E-state index in [1.165, 1.54) is 6.07 Å². The monoisotopic (exact) mass is 554 g/mol. The van der Waals surface area contributed by atoms with Gasteiger partial charge in [-0.25, -0.2) is 8.42 Å². The van der Waals surface area contributed by atoms with Gasteiger partial charge in [0.05, 0.1) is 27.0 Å². The molecule has 0 saturated carbocycles. The Labute approximate surface area is 194 Å². The molecule has 0 atom stereocenters. The summed E-state index contributed by atoms with van der Waals surface area (Å²) >= 11 is 8.60. The molecule has 0 aliphatic rings. The lowest BCUT2D eigenvalue weighted by Gasteiger charge is -2.13. The van der Waals surface area contributed by atoms with Crippen LogP contribution in [0.4, 0.5) is 11.4 Å². The van der Waals surface area contributed by atoms with E-state index < -0.39 is 9.84 Å². The van der Waals surface area contributed by atoms with E-state index in [9.17, 15) is 13.2 Å². The van der Waals surface area contributed by atoms with Crippen molar-refractivity contribution >= 4 is 61.3 Å². The van der Waals surface area contributed by atoms with Crippen LogP contribution < -0.4 is 10.6 Å². The fraction of sp³-hybridized carbons (Fsp3) is 0.136. The molecule has 0 aliphatic heterocycles. The minimum absolute atomic E-state index is 0.00749. The maximum atomic E-state index is 13.0. The van der Waals surface area contributed by atoms with Gasteiger partial charge in [0.2, 0.25) is 15.7 Å². The van der Waals surface area contributed by atoms with Crippen LogP contribution in [-0.2, 0) is 14.6 Å². The van der Waals surface area contributed by atoms with Gasteiger partial charge < -0.3 is 10.6 Å². The molecule has 0 unspecified atom stereocenters. The third kappa shape index (κ3) is 5.14. The molecule has 2 N–H and O–H groups in total. The first-order chi connectivity index (χ1) is 14.2.